The second-order valence-corrected chi connectivity index (χ2v) is 6.23. The molecule has 1 aromatic rings. The summed E-state index contributed by atoms with van der Waals surface area (Å²) in [6, 6.07) is 1.51. The van der Waals surface area contributed by atoms with Crippen molar-refractivity contribution in [3.8, 4) is 0 Å². The lowest BCUT2D eigenvalue weighted by molar-refractivity contribution is 0.580. The molecule has 5 nitrogen and oxygen atoms in total. The monoisotopic (exact) mass is 245 g/mol. The molecular weight excluding hydrogens is 226 g/mol. The van der Waals surface area contributed by atoms with Crippen LogP contribution in [0.2, 0.25) is 0 Å². The van der Waals surface area contributed by atoms with Gasteiger partial charge in [0.25, 0.3) is 0 Å². The van der Waals surface area contributed by atoms with Crippen molar-refractivity contribution in [1.82, 2.24) is 9.78 Å². The summed E-state index contributed by atoms with van der Waals surface area (Å²) in [7, 11) is -1.39. The quantitative estimate of drug-likeness (QED) is 0.813. The molecular formula is C10H19N3O2S. The topological polar surface area (TPSA) is 78.0 Å². The predicted octanol–water partition coefficient (Wildman–Crippen LogP) is 0.381. The van der Waals surface area contributed by atoms with E-state index < -0.39 is 9.84 Å². The van der Waals surface area contributed by atoms with Gasteiger partial charge in [-0.15, -0.1) is 0 Å². The van der Waals surface area contributed by atoms with Crippen molar-refractivity contribution in [2.45, 2.75) is 32.1 Å². The Balaban J connectivity index is 2.77. The van der Waals surface area contributed by atoms with Gasteiger partial charge in [-0.25, -0.2) is 8.42 Å². The number of aromatic nitrogens is 2. The molecule has 0 saturated heterocycles. The van der Waals surface area contributed by atoms with E-state index in [1.165, 1.54) is 0 Å². The van der Waals surface area contributed by atoms with E-state index in [0.29, 0.717) is 12.1 Å². The number of aryl methyl sites for hydroxylation is 2. The van der Waals surface area contributed by atoms with Gasteiger partial charge >= 0.3 is 0 Å². The average Bonchev–Trinajstić information content (AvgIpc) is 2.43. The molecule has 0 radical (unpaired) electrons. The van der Waals surface area contributed by atoms with Crippen LogP contribution in [0.25, 0.3) is 0 Å². The highest BCUT2D eigenvalue weighted by molar-refractivity contribution is 7.90. The first kappa shape index (κ1) is 13.2. The number of rotatable bonds is 5. The molecule has 0 fully saturated rings. The van der Waals surface area contributed by atoms with E-state index in [4.69, 9.17) is 5.73 Å². The maximum atomic E-state index is 11.8. The van der Waals surface area contributed by atoms with Crippen LogP contribution in [0.4, 0.5) is 0 Å². The summed E-state index contributed by atoms with van der Waals surface area (Å²) in [6.07, 6.45) is 0.670. The number of nitrogens with two attached hydrogens (primary N) is 1. The van der Waals surface area contributed by atoms with Crippen LogP contribution in [0.5, 0.6) is 0 Å². The SMILES string of the molecule is CCC(N)CS(=O)(=O)Cc1cc(C)nn1C. The molecule has 6 heteroatoms. The summed E-state index contributed by atoms with van der Waals surface area (Å²) in [6.45, 7) is 3.72. The fourth-order valence-electron chi connectivity index (χ4n) is 1.53. The van der Waals surface area contributed by atoms with Crippen LogP contribution in [0.3, 0.4) is 0 Å². The van der Waals surface area contributed by atoms with Gasteiger partial charge in [0.2, 0.25) is 0 Å². The Bertz CT molecular complexity index is 451. The van der Waals surface area contributed by atoms with E-state index in [-0.39, 0.29) is 17.5 Å². The van der Waals surface area contributed by atoms with E-state index in [0.717, 1.165) is 5.69 Å². The highest BCUT2D eigenvalue weighted by Gasteiger charge is 2.18. The minimum atomic E-state index is -3.14. The first-order valence-corrected chi connectivity index (χ1v) is 7.11. The van der Waals surface area contributed by atoms with Gasteiger partial charge in [0, 0.05) is 13.1 Å². The summed E-state index contributed by atoms with van der Waals surface area (Å²) >= 11 is 0. The van der Waals surface area contributed by atoms with Crippen LogP contribution in [0, 0.1) is 6.92 Å². The normalized spacial score (nSPS) is 14.0. The molecule has 2 N–H and O–H groups in total. The number of hydrogen-bond donors (Lipinski definition) is 1. The second kappa shape index (κ2) is 4.97. The molecule has 0 aliphatic heterocycles. The third-order valence-corrected chi connectivity index (χ3v) is 4.13. The van der Waals surface area contributed by atoms with Crippen LogP contribution in [0.15, 0.2) is 6.07 Å². The molecule has 1 aromatic heterocycles. The van der Waals surface area contributed by atoms with Gasteiger partial charge < -0.3 is 5.73 Å². The molecule has 0 bridgehead atoms. The van der Waals surface area contributed by atoms with Crippen LogP contribution < -0.4 is 5.73 Å². The van der Waals surface area contributed by atoms with Gasteiger partial charge in [-0.1, -0.05) is 6.92 Å². The molecule has 1 unspecified atom stereocenters. The second-order valence-electron chi connectivity index (χ2n) is 4.12. The Labute approximate surface area is 96.6 Å². The highest BCUT2D eigenvalue weighted by Crippen LogP contribution is 2.09. The fraction of sp³-hybridized carbons (Fsp3) is 0.700. The first-order valence-electron chi connectivity index (χ1n) is 5.29. The van der Waals surface area contributed by atoms with E-state index >= 15 is 0 Å². The zero-order valence-corrected chi connectivity index (χ0v) is 10.8. The van der Waals surface area contributed by atoms with Crippen LogP contribution in [-0.2, 0) is 22.6 Å². The summed E-state index contributed by atoms with van der Waals surface area (Å²) in [5, 5.41) is 4.12. The molecule has 16 heavy (non-hydrogen) atoms. The Kier molecular flexibility index (Phi) is 4.09. The lowest BCUT2D eigenvalue weighted by Gasteiger charge is -2.09. The third kappa shape index (κ3) is 3.61. The minimum absolute atomic E-state index is 0.0119. The summed E-state index contributed by atoms with van der Waals surface area (Å²) < 4.78 is 25.2. The molecule has 0 saturated carbocycles. The summed E-state index contributed by atoms with van der Waals surface area (Å²) in [5.41, 5.74) is 7.19. The van der Waals surface area contributed by atoms with Crippen molar-refractivity contribution in [3.63, 3.8) is 0 Å². The minimum Gasteiger partial charge on any atom is -0.327 e. The molecule has 92 valence electrons. The molecule has 1 rings (SSSR count). The van der Waals surface area contributed by atoms with Gasteiger partial charge in [0.15, 0.2) is 9.84 Å². The molecule has 0 amide bonds. The lowest BCUT2D eigenvalue weighted by Crippen LogP contribution is -2.29. The van der Waals surface area contributed by atoms with Gasteiger partial charge in [0.05, 0.1) is 22.9 Å². The fourth-order valence-corrected chi connectivity index (χ4v) is 3.25. The predicted molar refractivity (Wildman–Crippen MR) is 63.7 cm³/mol. The van der Waals surface area contributed by atoms with E-state index in [1.54, 1.807) is 17.8 Å². The molecule has 0 aliphatic rings. The highest BCUT2D eigenvalue weighted by atomic mass is 32.2. The van der Waals surface area contributed by atoms with Gasteiger partial charge in [-0.3, -0.25) is 4.68 Å². The molecule has 1 heterocycles. The lowest BCUT2D eigenvalue weighted by atomic mass is 10.3. The Morgan fingerprint density at radius 2 is 2.19 bits per heavy atom. The molecule has 1 atom stereocenters. The zero-order valence-electron chi connectivity index (χ0n) is 9.97. The standard InChI is InChI=1S/C10H19N3O2S/c1-4-9(11)6-16(14,15)7-10-5-8(2)12-13(10)3/h5,9H,4,6-7,11H2,1-3H3. The smallest absolute Gasteiger partial charge is 0.157 e. The van der Waals surface area contributed by atoms with Crippen LogP contribution >= 0.6 is 0 Å². The summed E-state index contributed by atoms with van der Waals surface area (Å²) in [5.74, 6) is 0.0474. The van der Waals surface area contributed by atoms with Crippen molar-refractivity contribution >= 4 is 9.84 Å². The number of hydrogen-bond acceptors (Lipinski definition) is 4. The van der Waals surface area contributed by atoms with E-state index in [2.05, 4.69) is 5.10 Å². The van der Waals surface area contributed by atoms with Gasteiger partial charge in [-0.2, -0.15) is 5.10 Å². The van der Waals surface area contributed by atoms with Gasteiger partial charge in [0.1, 0.15) is 0 Å². The maximum Gasteiger partial charge on any atom is 0.157 e. The number of sulfone groups is 1. The average molecular weight is 245 g/mol. The van der Waals surface area contributed by atoms with Crippen molar-refractivity contribution in [2.24, 2.45) is 12.8 Å². The van der Waals surface area contributed by atoms with Crippen LogP contribution in [0.1, 0.15) is 24.7 Å². The molecule has 0 aromatic carbocycles. The van der Waals surface area contributed by atoms with E-state index in [1.807, 2.05) is 13.8 Å². The van der Waals surface area contributed by atoms with Crippen molar-refractivity contribution < 1.29 is 8.42 Å². The summed E-state index contributed by atoms with van der Waals surface area (Å²) in [4.78, 5) is 0. The van der Waals surface area contributed by atoms with Crippen molar-refractivity contribution in [2.75, 3.05) is 5.75 Å². The first-order chi connectivity index (χ1) is 7.34. The largest absolute Gasteiger partial charge is 0.327 e. The van der Waals surface area contributed by atoms with E-state index in [9.17, 15) is 8.42 Å². The van der Waals surface area contributed by atoms with Crippen molar-refractivity contribution in [1.29, 1.82) is 0 Å². The Morgan fingerprint density at radius 1 is 1.56 bits per heavy atom. The third-order valence-electron chi connectivity index (χ3n) is 2.46. The van der Waals surface area contributed by atoms with Crippen molar-refractivity contribution in [3.05, 3.63) is 17.5 Å². The maximum absolute atomic E-state index is 11.8. The zero-order chi connectivity index (χ0) is 12.3. The Morgan fingerprint density at radius 3 is 2.62 bits per heavy atom. The molecule has 0 spiro atoms. The van der Waals surface area contributed by atoms with Crippen LogP contribution in [-0.4, -0.2) is 30.0 Å². The Hall–Kier alpha value is -0.880. The van der Waals surface area contributed by atoms with Gasteiger partial charge in [-0.05, 0) is 19.4 Å². The molecule has 0 aliphatic carbocycles. The number of nitrogens with zero attached hydrogens (tertiary/aromatic N) is 2.